The molecule has 4 rings (SSSR count). The van der Waals surface area contributed by atoms with Gasteiger partial charge in [0.15, 0.2) is 0 Å². The highest BCUT2D eigenvalue weighted by Crippen LogP contribution is 2.54. The highest BCUT2D eigenvalue weighted by atomic mass is 127. The lowest BCUT2D eigenvalue weighted by molar-refractivity contribution is -0.117. The molecule has 2 atom stereocenters. The molecule has 6 nitrogen and oxygen atoms in total. The molecule has 1 aliphatic heterocycles. The van der Waals surface area contributed by atoms with Gasteiger partial charge in [-0.05, 0) is 58.8 Å². The normalized spacial score (nSPS) is 24.2. The van der Waals surface area contributed by atoms with Crippen LogP contribution < -0.4 is 5.32 Å². The number of benzene rings is 1. The minimum absolute atomic E-state index is 0.156. The number of nitrogens with one attached hydrogen (secondary N) is 1. The summed E-state index contributed by atoms with van der Waals surface area (Å²) in [6, 6.07) is 7.06. The van der Waals surface area contributed by atoms with E-state index in [1.165, 1.54) is 17.3 Å². The SMILES string of the molecule is O=C(CN1C[C@@]2(C[C@H]2F)c2cc(I)ccc2C1=O)Nc1ncccn1. The minimum Gasteiger partial charge on any atom is -0.328 e. The molecule has 0 unspecified atom stereocenters. The molecule has 2 aromatic rings. The molecular weight excluding hydrogens is 438 g/mol. The number of nitrogens with zero attached hydrogens (tertiary/aromatic N) is 3. The van der Waals surface area contributed by atoms with Gasteiger partial charge in [-0.1, -0.05) is 0 Å². The number of fused-ring (bicyclic) bond motifs is 2. The van der Waals surface area contributed by atoms with E-state index in [0.29, 0.717) is 12.0 Å². The van der Waals surface area contributed by atoms with Gasteiger partial charge >= 0.3 is 0 Å². The molecular formula is C17H14FIN4O2. The third-order valence-electron chi connectivity index (χ3n) is 4.64. The standard InChI is InChI=1S/C17H14FIN4O2/c18-13-7-17(13)9-23(8-14(24)22-16-20-4-1-5-21-16)15(25)11-3-2-10(19)6-12(11)17/h1-6,13H,7-9H2,(H,20,21,22,24)/t13-,17+/m1/s1. The van der Waals surface area contributed by atoms with Crippen molar-refractivity contribution in [3.05, 3.63) is 51.4 Å². The summed E-state index contributed by atoms with van der Waals surface area (Å²) in [6.07, 6.45) is 2.42. The molecule has 0 bridgehead atoms. The van der Waals surface area contributed by atoms with Crippen LogP contribution in [-0.4, -0.2) is 45.9 Å². The maximum absolute atomic E-state index is 14.2. The second-order valence-corrected chi connectivity index (χ2v) is 7.55. The molecule has 1 aromatic heterocycles. The first-order valence-electron chi connectivity index (χ1n) is 7.80. The van der Waals surface area contributed by atoms with Gasteiger partial charge in [-0.3, -0.25) is 14.9 Å². The van der Waals surface area contributed by atoms with Crippen LogP contribution in [0, 0.1) is 3.57 Å². The fraction of sp³-hybridized carbons (Fsp3) is 0.294. The summed E-state index contributed by atoms with van der Waals surface area (Å²) in [5.41, 5.74) is 0.573. The van der Waals surface area contributed by atoms with Gasteiger partial charge in [0.25, 0.3) is 5.91 Å². The number of aromatic nitrogens is 2. The third kappa shape index (κ3) is 2.88. The molecule has 1 fully saturated rings. The maximum Gasteiger partial charge on any atom is 0.254 e. The molecule has 1 saturated carbocycles. The second kappa shape index (κ2) is 6.01. The largest absolute Gasteiger partial charge is 0.328 e. The van der Waals surface area contributed by atoms with Crippen molar-refractivity contribution in [2.75, 3.05) is 18.4 Å². The van der Waals surface area contributed by atoms with E-state index in [1.807, 2.05) is 12.1 Å². The Hall–Kier alpha value is -2.10. The monoisotopic (exact) mass is 452 g/mol. The highest BCUT2D eigenvalue weighted by molar-refractivity contribution is 14.1. The first-order valence-corrected chi connectivity index (χ1v) is 8.88. The zero-order chi connectivity index (χ0) is 17.6. The van der Waals surface area contributed by atoms with E-state index < -0.39 is 17.5 Å². The Morgan fingerprint density at radius 2 is 2.12 bits per heavy atom. The maximum atomic E-state index is 14.2. The van der Waals surface area contributed by atoms with Gasteiger partial charge in [0.05, 0.1) is 0 Å². The topological polar surface area (TPSA) is 75.2 Å². The first-order chi connectivity index (χ1) is 12.0. The quantitative estimate of drug-likeness (QED) is 0.725. The first kappa shape index (κ1) is 16.4. The molecule has 25 heavy (non-hydrogen) atoms. The van der Waals surface area contributed by atoms with E-state index in [1.54, 1.807) is 12.1 Å². The van der Waals surface area contributed by atoms with Crippen molar-refractivity contribution in [2.24, 2.45) is 0 Å². The molecule has 1 aliphatic carbocycles. The molecule has 1 aromatic carbocycles. The predicted octanol–water partition coefficient (Wildman–Crippen LogP) is 2.16. The summed E-state index contributed by atoms with van der Waals surface area (Å²) < 4.78 is 15.2. The van der Waals surface area contributed by atoms with Crippen LogP contribution >= 0.6 is 22.6 Å². The molecule has 2 amide bonds. The summed E-state index contributed by atoms with van der Waals surface area (Å²) >= 11 is 2.16. The lowest BCUT2D eigenvalue weighted by Gasteiger charge is -2.34. The Balaban J connectivity index is 1.57. The molecule has 0 saturated heterocycles. The van der Waals surface area contributed by atoms with Crippen LogP contribution in [0.4, 0.5) is 10.3 Å². The van der Waals surface area contributed by atoms with E-state index >= 15 is 0 Å². The average molecular weight is 452 g/mol. The number of halogens is 2. The number of carbonyl (C=O) groups is 2. The molecule has 1 N–H and O–H groups in total. The van der Waals surface area contributed by atoms with E-state index in [2.05, 4.69) is 37.9 Å². The fourth-order valence-electron chi connectivity index (χ4n) is 3.31. The predicted molar refractivity (Wildman–Crippen MR) is 96.9 cm³/mol. The molecule has 2 aliphatic rings. The summed E-state index contributed by atoms with van der Waals surface area (Å²) in [7, 11) is 0. The van der Waals surface area contributed by atoms with Crippen LogP contribution in [0.1, 0.15) is 22.3 Å². The van der Waals surface area contributed by atoms with Crippen LogP contribution in [0.15, 0.2) is 36.7 Å². The van der Waals surface area contributed by atoms with Crippen LogP contribution in [0.3, 0.4) is 0 Å². The molecule has 8 heteroatoms. The van der Waals surface area contributed by atoms with E-state index in [-0.39, 0.29) is 24.9 Å². The van der Waals surface area contributed by atoms with Crippen molar-refractivity contribution in [1.82, 2.24) is 14.9 Å². The van der Waals surface area contributed by atoms with Crippen molar-refractivity contribution in [1.29, 1.82) is 0 Å². The van der Waals surface area contributed by atoms with Gasteiger partial charge in [-0.25, -0.2) is 14.4 Å². The zero-order valence-corrected chi connectivity index (χ0v) is 15.2. The number of amides is 2. The second-order valence-electron chi connectivity index (χ2n) is 6.30. The summed E-state index contributed by atoms with van der Waals surface area (Å²) in [5.74, 6) is -0.476. The Labute approximate surface area is 157 Å². The molecule has 2 heterocycles. The van der Waals surface area contributed by atoms with Crippen molar-refractivity contribution < 1.29 is 14.0 Å². The summed E-state index contributed by atoms with van der Waals surface area (Å²) in [6.45, 7) is 0.0557. The van der Waals surface area contributed by atoms with Crippen LogP contribution in [0.5, 0.6) is 0 Å². The Morgan fingerprint density at radius 1 is 1.40 bits per heavy atom. The van der Waals surface area contributed by atoms with Crippen molar-refractivity contribution >= 4 is 40.4 Å². The number of rotatable bonds is 3. The van der Waals surface area contributed by atoms with Gasteiger partial charge in [0.2, 0.25) is 11.9 Å². The molecule has 1 spiro atoms. The minimum atomic E-state index is -0.986. The van der Waals surface area contributed by atoms with Gasteiger partial charge in [0, 0.05) is 33.5 Å². The van der Waals surface area contributed by atoms with Gasteiger partial charge in [0.1, 0.15) is 12.7 Å². The summed E-state index contributed by atoms with van der Waals surface area (Å²) in [5, 5.41) is 2.55. The smallest absolute Gasteiger partial charge is 0.254 e. The summed E-state index contributed by atoms with van der Waals surface area (Å²) in [4.78, 5) is 34.2. The Kier molecular flexibility index (Phi) is 3.94. The third-order valence-corrected chi connectivity index (χ3v) is 5.31. The van der Waals surface area contributed by atoms with Gasteiger partial charge in [-0.2, -0.15) is 0 Å². The van der Waals surface area contributed by atoms with Crippen LogP contribution in [-0.2, 0) is 10.2 Å². The Morgan fingerprint density at radius 3 is 2.80 bits per heavy atom. The highest BCUT2D eigenvalue weighted by Gasteiger charge is 2.61. The number of alkyl halides is 1. The fourth-order valence-corrected chi connectivity index (χ4v) is 3.81. The van der Waals surface area contributed by atoms with Crippen molar-refractivity contribution in [3.8, 4) is 0 Å². The van der Waals surface area contributed by atoms with Gasteiger partial charge in [-0.15, -0.1) is 0 Å². The number of carbonyl (C=O) groups excluding carboxylic acids is 2. The number of anilines is 1. The lowest BCUT2D eigenvalue weighted by atomic mass is 9.86. The molecule has 0 radical (unpaired) electrons. The molecule has 128 valence electrons. The average Bonchev–Trinajstić information content (AvgIpc) is 3.23. The van der Waals surface area contributed by atoms with E-state index in [4.69, 9.17) is 0 Å². The van der Waals surface area contributed by atoms with E-state index in [9.17, 15) is 14.0 Å². The van der Waals surface area contributed by atoms with Gasteiger partial charge < -0.3 is 4.90 Å². The van der Waals surface area contributed by atoms with E-state index in [0.717, 1.165) is 9.13 Å². The zero-order valence-electron chi connectivity index (χ0n) is 13.1. The Bertz CT molecular complexity index is 863. The van der Waals surface area contributed by atoms with Crippen LogP contribution in [0.2, 0.25) is 0 Å². The van der Waals surface area contributed by atoms with Crippen molar-refractivity contribution in [3.63, 3.8) is 0 Å². The number of hydrogen-bond donors (Lipinski definition) is 1. The van der Waals surface area contributed by atoms with Crippen molar-refractivity contribution in [2.45, 2.75) is 18.0 Å². The number of hydrogen-bond acceptors (Lipinski definition) is 4. The van der Waals surface area contributed by atoms with Crippen LogP contribution in [0.25, 0.3) is 0 Å². The lowest BCUT2D eigenvalue weighted by Crippen LogP contribution is -2.47.